The largest absolute Gasteiger partial charge is 0.388 e. The van der Waals surface area contributed by atoms with Crippen molar-refractivity contribution in [3.05, 3.63) is 59.2 Å². The molecule has 1 N–H and O–H groups in total. The summed E-state index contributed by atoms with van der Waals surface area (Å²) in [5.41, 5.74) is 2.90. The molecule has 0 spiro atoms. The fraction of sp³-hybridized carbons (Fsp3) is 0.412. The van der Waals surface area contributed by atoms with Crippen LogP contribution in [0.3, 0.4) is 0 Å². The SMILES string of the molecule is CC1(C)Cc2c(ccn2Cc2ccccc2F)C(O)C1. The van der Waals surface area contributed by atoms with Crippen molar-refractivity contribution >= 4 is 0 Å². The zero-order chi connectivity index (χ0) is 14.3. The van der Waals surface area contributed by atoms with Crippen molar-refractivity contribution in [1.29, 1.82) is 0 Å². The second-order valence-corrected chi connectivity index (χ2v) is 6.50. The summed E-state index contributed by atoms with van der Waals surface area (Å²) in [6, 6.07) is 8.83. The van der Waals surface area contributed by atoms with Crippen molar-refractivity contribution in [3.63, 3.8) is 0 Å². The lowest BCUT2D eigenvalue weighted by Crippen LogP contribution is -2.26. The smallest absolute Gasteiger partial charge is 0.128 e. The quantitative estimate of drug-likeness (QED) is 0.887. The lowest BCUT2D eigenvalue weighted by molar-refractivity contribution is 0.0981. The molecule has 2 aromatic rings. The second-order valence-electron chi connectivity index (χ2n) is 6.50. The van der Waals surface area contributed by atoms with Gasteiger partial charge in [-0.2, -0.15) is 0 Å². The third kappa shape index (κ3) is 2.38. The molecule has 0 fully saturated rings. The number of halogens is 1. The van der Waals surface area contributed by atoms with Crippen molar-refractivity contribution in [2.45, 2.75) is 39.3 Å². The van der Waals surface area contributed by atoms with Gasteiger partial charge in [0.05, 0.1) is 12.6 Å². The fourth-order valence-corrected chi connectivity index (χ4v) is 3.15. The maximum absolute atomic E-state index is 13.8. The van der Waals surface area contributed by atoms with Gasteiger partial charge in [-0.3, -0.25) is 0 Å². The summed E-state index contributed by atoms with van der Waals surface area (Å²) in [4.78, 5) is 0. The number of nitrogens with zero attached hydrogens (tertiary/aromatic N) is 1. The van der Waals surface area contributed by atoms with Crippen molar-refractivity contribution in [3.8, 4) is 0 Å². The van der Waals surface area contributed by atoms with Crippen molar-refractivity contribution in [2.24, 2.45) is 5.41 Å². The van der Waals surface area contributed by atoms with E-state index in [1.165, 1.54) is 6.07 Å². The van der Waals surface area contributed by atoms with E-state index in [2.05, 4.69) is 18.4 Å². The number of rotatable bonds is 2. The van der Waals surface area contributed by atoms with Crippen LogP contribution in [0.25, 0.3) is 0 Å². The van der Waals surface area contributed by atoms with Crippen LogP contribution in [0.5, 0.6) is 0 Å². The van der Waals surface area contributed by atoms with Crippen LogP contribution in [-0.4, -0.2) is 9.67 Å². The highest BCUT2D eigenvalue weighted by atomic mass is 19.1. The lowest BCUT2D eigenvalue weighted by Gasteiger charge is -2.34. The van der Waals surface area contributed by atoms with Gasteiger partial charge in [-0.25, -0.2) is 4.39 Å². The van der Waals surface area contributed by atoms with Crippen LogP contribution >= 0.6 is 0 Å². The van der Waals surface area contributed by atoms with Gasteiger partial charge in [0.2, 0.25) is 0 Å². The van der Waals surface area contributed by atoms with E-state index in [9.17, 15) is 9.50 Å². The van der Waals surface area contributed by atoms with E-state index in [0.29, 0.717) is 12.1 Å². The molecule has 0 aliphatic heterocycles. The predicted molar refractivity (Wildman–Crippen MR) is 77.0 cm³/mol. The van der Waals surface area contributed by atoms with Crippen LogP contribution in [0, 0.1) is 11.2 Å². The number of aliphatic hydroxyl groups excluding tert-OH is 1. The second kappa shape index (κ2) is 4.74. The molecule has 106 valence electrons. The molecule has 0 bridgehead atoms. The van der Waals surface area contributed by atoms with E-state index >= 15 is 0 Å². The minimum atomic E-state index is -0.407. The molecule has 1 unspecified atom stereocenters. The van der Waals surface area contributed by atoms with Gasteiger partial charge in [0.25, 0.3) is 0 Å². The van der Waals surface area contributed by atoms with Gasteiger partial charge in [0.15, 0.2) is 0 Å². The Bertz CT molecular complexity index is 630. The summed E-state index contributed by atoms with van der Waals surface area (Å²) in [7, 11) is 0. The van der Waals surface area contributed by atoms with Crippen molar-refractivity contribution in [2.75, 3.05) is 0 Å². The Kier molecular flexibility index (Phi) is 3.17. The number of benzene rings is 1. The molecule has 1 atom stereocenters. The first-order valence-corrected chi connectivity index (χ1v) is 7.06. The van der Waals surface area contributed by atoms with Crippen LogP contribution in [0.1, 0.15) is 43.2 Å². The number of hydrogen-bond donors (Lipinski definition) is 1. The van der Waals surface area contributed by atoms with E-state index in [4.69, 9.17) is 0 Å². The van der Waals surface area contributed by atoms with E-state index < -0.39 is 6.10 Å². The zero-order valence-electron chi connectivity index (χ0n) is 11.9. The van der Waals surface area contributed by atoms with Crippen LogP contribution < -0.4 is 0 Å². The minimum absolute atomic E-state index is 0.0811. The van der Waals surface area contributed by atoms with E-state index in [-0.39, 0.29) is 11.2 Å². The Labute approximate surface area is 118 Å². The summed E-state index contributed by atoms with van der Waals surface area (Å²) < 4.78 is 15.8. The van der Waals surface area contributed by atoms with E-state index in [1.807, 2.05) is 24.4 Å². The van der Waals surface area contributed by atoms with Gasteiger partial charge >= 0.3 is 0 Å². The Morgan fingerprint density at radius 3 is 2.80 bits per heavy atom. The highest BCUT2D eigenvalue weighted by Gasteiger charge is 2.33. The highest BCUT2D eigenvalue weighted by molar-refractivity contribution is 5.30. The molecule has 1 aliphatic rings. The predicted octanol–water partition coefficient (Wildman–Crippen LogP) is 3.68. The van der Waals surface area contributed by atoms with Gasteiger partial charge in [-0.1, -0.05) is 32.0 Å². The molecule has 3 heteroatoms. The van der Waals surface area contributed by atoms with Crippen LogP contribution in [0.4, 0.5) is 4.39 Å². The first-order chi connectivity index (χ1) is 9.46. The molecule has 0 amide bonds. The van der Waals surface area contributed by atoms with Gasteiger partial charge in [0, 0.05) is 23.0 Å². The molecule has 1 aromatic heterocycles. The van der Waals surface area contributed by atoms with E-state index in [0.717, 1.165) is 24.1 Å². The Balaban J connectivity index is 1.95. The van der Waals surface area contributed by atoms with Gasteiger partial charge in [-0.05, 0) is 30.4 Å². The molecule has 1 aromatic carbocycles. The normalized spacial score (nSPS) is 20.7. The standard InChI is InChI=1S/C17H20FNO/c1-17(2)9-15-13(16(20)10-17)7-8-19(15)11-12-5-3-4-6-14(12)18/h3-8,16,20H,9-11H2,1-2H3. The molecule has 2 nitrogen and oxygen atoms in total. The number of fused-ring (bicyclic) bond motifs is 1. The topological polar surface area (TPSA) is 25.2 Å². The summed E-state index contributed by atoms with van der Waals surface area (Å²) >= 11 is 0. The third-order valence-electron chi connectivity index (χ3n) is 4.16. The summed E-state index contributed by atoms with van der Waals surface area (Å²) in [6.45, 7) is 4.85. The maximum Gasteiger partial charge on any atom is 0.128 e. The molecule has 1 aliphatic carbocycles. The molecule has 3 rings (SSSR count). The van der Waals surface area contributed by atoms with Crippen molar-refractivity contribution < 1.29 is 9.50 Å². The average Bonchev–Trinajstić information content (AvgIpc) is 2.74. The Morgan fingerprint density at radius 2 is 2.05 bits per heavy atom. The molecule has 20 heavy (non-hydrogen) atoms. The third-order valence-corrected chi connectivity index (χ3v) is 4.16. The zero-order valence-corrected chi connectivity index (χ0v) is 11.9. The maximum atomic E-state index is 13.8. The summed E-state index contributed by atoms with van der Waals surface area (Å²) in [5, 5.41) is 10.2. The van der Waals surface area contributed by atoms with Gasteiger partial charge < -0.3 is 9.67 Å². The minimum Gasteiger partial charge on any atom is -0.388 e. The Morgan fingerprint density at radius 1 is 1.30 bits per heavy atom. The molecule has 0 saturated heterocycles. The molecule has 0 radical (unpaired) electrons. The van der Waals surface area contributed by atoms with Gasteiger partial charge in [0.1, 0.15) is 5.82 Å². The first kappa shape index (κ1) is 13.4. The van der Waals surface area contributed by atoms with Crippen LogP contribution in [-0.2, 0) is 13.0 Å². The first-order valence-electron chi connectivity index (χ1n) is 7.06. The van der Waals surface area contributed by atoms with Crippen LogP contribution in [0.15, 0.2) is 36.5 Å². The van der Waals surface area contributed by atoms with E-state index in [1.54, 1.807) is 6.07 Å². The molecular weight excluding hydrogens is 253 g/mol. The number of aromatic nitrogens is 1. The van der Waals surface area contributed by atoms with Crippen molar-refractivity contribution in [1.82, 2.24) is 4.57 Å². The lowest BCUT2D eigenvalue weighted by atomic mass is 9.75. The molecular formula is C17H20FNO. The Hall–Kier alpha value is -1.61. The fourth-order valence-electron chi connectivity index (χ4n) is 3.15. The summed E-state index contributed by atoms with van der Waals surface area (Å²) in [5.74, 6) is -0.175. The highest BCUT2D eigenvalue weighted by Crippen LogP contribution is 2.41. The monoisotopic (exact) mass is 273 g/mol. The summed E-state index contributed by atoms with van der Waals surface area (Å²) in [6.07, 6.45) is 3.25. The molecule has 0 saturated carbocycles. The van der Waals surface area contributed by atoms with Gasteiger partial charge in [-0.15, -0.1) is 0 Å². The number of hydrogen-bond acceptors (Lipinski definition) is 1. The average molecular weight is 273 g/mol. The molecule has 1 heterocycles. The number of aliphatic hydroxyl groups is 1. The van der Waals surface area contributed by atoms with Crippen LogP contribution in [0.2, 0.25) is 0 Å².